The fourth-order valence-corrected chi connectivity index (χ4v) is 4.66. The second-order valence-electron chi connectivity index (χ2n) is 8.34. The molecule has 4 aromatic rings. The van der Waals surface area contributed by atoms with E-state index in [4.69, 9.17) is 4.98 Å². The van der Waals surface area contributed by atoms with Crippen LogP contribution in [0.2, 0.25) is 0 Å². The predicted octanol–water partition coefficient (Wildman–Crippen LogP) is 5.08. The number of hydrogen-bond acceptors (Lipinski definition) is 7. The van der Waals surface area contributed by atoms with Gasteiger partial charge in [-0.25, -0.2) is 9.97 Å². The third kappa shape index (κ3) is 4.79. The van der Waals surface area contributed by atoms with Gasteiger partial charge in [0.05, 0.1) is 0 Å². The number of rotatable bonds is 6. The van der Waals surface area contributed by atoms with Crippen LogP contribution in [0.4, 0.5) is 11.6 Å². The Balaban J connectivity index is 1.31. The van der Waals surface area contributed by atoms with Gasteiger partial charge < -0.3 is 15.2 Å². The molecule has 172 valence electrons. The maximum Gasteiger partial charge on any atom is 0.256 e. The molecule has 5 rings (SSSR count). The van der Waals surface area contributed by atoms with E-state index in [1.54, 1.807) is 18.5 Å². The monoisotopic (exact) mass is 471 g/mol. The van der Waals surface area contributed by atoms with E-state index in [0.717, 1.165) is 35.1 Å². The summed E-state index contributed by atoms with van der Waals surface area (Å²) in [5.41, 5.74) is 2.46. The summed E-state index contributed by atoms with van der Waals surface area (Å²) in [6.07, 6.45) is 3.87. The number of nitrogens with one attached hydrogen (secondary N) is 2. The van der Waals surface area contributed by atoms with Crippen LogP contribution in [-0.4, -0.2) is 37.2 Å². The summed E-state index contributed by atoms with van der Waals surface area (Å²) in [6, 6.07) is 17.4. The molecule has 1 amide bonds. The third-order valence-corrected chi connectivity index (χ3v) is 6.46. The van der Waals surface area contributed by atoms with Crippen molar-refractivity contribution in [2.45, 2.75) is 42.7 Å². The highest BCUT2D eigenvalue weighted by atomic mass is 32.2. The molecular weight excluding hydrogens is 446 g/mol. The number of aromatic nitrogens is 5. The Bertz CT molecular complexity index is 1330. The smallest absolute Gasteiger partial charge is 0.256 e. The zero-order valence-corrected chi connectivity index (χ0v) is 19.8. The highest BCUT2D eigenvalue weighted by Gasteiger charge is 2.14. The minimum absolute atomic E-state index is 0.200. The Morgan fingerprint density at radius 3 is 2.88 bits per heavy atom. The Kier molecular flexibility index (Phi) is 6.27. The Morgan fingerprint density at radius 1 is 1.12 bits per heavy atom. The summed E-state index contributed by atoms with van der Waals surface area (Å²) in [7, 11) is 0. The van der Waals surface area contributed by atoms with Crippen LogP contribution in [0, 0.1) is 0 Å². The molecule has 0 saturated carbocycles. The van der Waals surface area contributed by atoms with Crippen LogP contribution in [0.5, 0.6) is 0 Å². The van der Waals surface area contributed by atoms with E-state index in [-0.39, 0.29) is 11.9 Å². The van der Waals surface area contributed by atoms with Gasteiger partial charge in [0.1, 0.15) is 28.7 Å². The average Bonchev–Trinajstić information content (AvgIpc) is 3.35. The van der Waals surface area contributed by atoms with Gasteiger partial charge in [-0.1, -0.05) is 30.0 Å². The molecule has 34 heavy (non-hydrogen) atoms. The van der Waals surface area contributed by atoms with Gasteiger partial charge >= 0.3 is 0 Å². The van der Waals surface area contributed by atoms with Gasteiger partial charge in [0.2, 0.25) is 0 Å². The average molecular weight is 472 g/mol. The molecule has 1 aromatic carbocycles. The molecule has 3 aromatic heterocycles. The van der Waals surface area contributed by atoms with Gasteiger partial charge in [0.15, 0.2) is 5.82 Å². The quantitative estimate of drug-likeness (QED) is 0.405. The zero-order chi connectivity index (χ0) is 23.5. The first-order valence-corrected chi connectivity index (χ1v) is 12.1. The number of anilines is 2. The molecule has 0 unspecified atom stereocenters. The first-order valence-electron chi connectivity index (χ1n) is 11.3. The third-order valence-electron chi connectivity index (χ3n) is 5.54. The van der Waals surface area contributed by atoms with Crippen molar-refractivity contribution in [1.29, 1.82) is 0 Å². The van der Waals surface area contributed by atoms with Crippen molar-refractivity contribution in [1.82, 2.24) is 24.7 Å². The topological polar surface area (TPSA) is 97.6 Å². The minimum atomic E-state index is -0.225. The van der Waals surface area contributed by atoms with Gasteiger partial charge in [0, 0.05) is 23.0 Å². The molecule has 0 bridgehead atoms. The van der Waals surface area contributed by atoms with Crippen LogP contribution in [0.1, 0.15) is 42.2 Å². The summed E-state index contributed by atoms with van der Waals surface area (Å²) >= 11 is 1.54. The molecule has 0 radical (unpaired) electrons. The van der Waals surface area contributed by atoms with Crippen LogP contribution < -0.4 is 10.6 Å². The lowest BCUT2D eigenvalue weighted by molar-refractivity contribution is 0.102. The van der Waals surface area contributed by atoms with E-state index in [2.05, 4.69) is 45.7 Å². The molecule has 0 saturated heterocycles. The molecule has 9 heteroatoms. The summed E-state index contributed by atoms with van der Waals surface area (Å²) in [6.45, 7) is 5.06. The lowest BCUT2D eigenvalue weighted by Gasteiger charge is -2.17. The summed E-state index contributed by atoms with van der Waals surface area (Å²) < 4.78 is 1.94. The molecule has 8 nitrogen and oxygen atoms in total. The number of fused-ring (bicyclic) bond motifs is 1. The lowest BCUT2D eigenvalue weighted by Crippen LogP contribution is -2.13. The summed E-state index contributed by atoms with van der Waals surface area (Å²) in [5.74, 6) is 1.86. The molecule has 0 aliphatic carbocycles. The van der Waals surface area contributed by atoms with E-state index in [1.165, 1.54) is 17.3 Å². The molecule has 4 heterocycles. The Morgan fingerprint density at radius 2 is 2.00 bits per heavy atom. The van der Waals surface area contributed by atoms with Crippen molar-refractivity contribution in [3.63, 3.8) is 0 Å². The van der Waals surface area contributed by atoms with Gasteiger partial charge in [-0.15, -0.1) is 10.2 Å². The number of pyridine rings is 2. The van der Waals surface area contributed by atoms with Gasteiger partial charge in [0.25, 0.3) is 5.91 Å². The molecule has 0 fully saturated rings. The van der Waals surface area contributed by atoms with Crippen molar-refractivity contribution in [3.8, 4) is 11.5 Å². The SMILES string of the molecule is CC(C)n1cnnc1-c1cccc(NC(=O)c2cccc(Sc3ccc4c(n3)NCCC4)c2)n1. The van der Waals surface area contributed by atoms with Gasteiger partial charge in [-0.2, -0.15) is 0 Å². The zero-order valence-electron chi connectivity index (χ0n) is 19.0. The van der Waals surface area contributed by atoms with Crippen molar-refractivity contribution < 1.29 is 4.79 Å². The van der Waals surface area contributed by atoms with E-state index in [9.17, 15) is 4.79 Å². The Labute approximate surface area is 202 Å². The minimum Gasteiger partial charge on any atom is -0.370 e. The van der Waals surface area contributed by atoms with Crippen LogP contribution in [0.15, 0.2) is 70.8 Å². The first kappa shape index (κ1) is 22.1. The van der Waals surface area contributed by atoms with Crippen LogP contribution in [0.3, 0.4) is 0 Å². The fraction of sp³-hybridized carbons (Fsp3) is 0.240. The first-order chi connectivity index (χ1) is 16.6. The van der Waals surface area contributed by atoms with Crippen LogP contribution in [-0.2, 0) is 6.42 Å². The van der Waals surface area contributed by atoms with Crippen molar-refractivity contribution in [2.24, 2.45) is 0 Å². The van der Waals surface area contributed by atoms with E-state index in [0.29, 0.717) is 22.9 Å². The van der Waals surface area contributed by atoms with Crippen molar-refractivity contribution in [2.75, 3.05) is 17.2 Å². The summed E-state index contributed by atoms with van der Waals surface area (Å²) in [5, 5.41) is 15.3. The highest BCUT2D eigenvalue weighted by Crippen LogP contribution is 2.30. The van der Waals surface area contributed by atoms with E-state index < -0.39 is 0 Å². The van der Waals surface area contributed by atoms with Crippen molar-refractivity contribution >= 4 is 29.3 Å². The van der Waals surface area contributed by atoms with Gasteiger partial charge in [-0.3, -0.25) is 4.79 Å². The number of benzene rings is 1. The Hall–Kier alpha value is -3.72. The molecule has 0 spiro atoms. The molecule has 1 aliphatic heterocycles. The number of nitrogens with zero attached hydrogens (tertiary/aromatic N) is 5. The second kappa shape index (κ2) is 9.64. The predicted molar refractivity (Wildman–Crippen MR) is 133 cm³/mol. The molecular formula is C25H25N7OS. The van der Waals surface area contributed by atoms with E-state index in [1.807, 2.05) is 41.0 Å². The number of carbonyl (C=O) groups excluding carboxylic acids is 1. The normalized spacial score (nSPS) is 12.8. The van der Waals surface area contributed by atoms with Gasteiger partial charge in [-0.05, 0) is 68.7 Å². The fourth-order valence-electron chi connectivity index (χ4n) is 3.81. The van der Waals surface area contributed by atoms with Crippen molar-refractivity contribution in [3.05, 3.63) is 72.1 Å². The summed E-state index contributed by atoms with van der Waals surface area (Å²) in [4.78, 5) is 23.2. The number of carbonyl (C=O) groups is 1. The standard InChI is InChI=1S/C25H25N7OS/c1-16(2)32-15-27-31-24(32)20-9-4-10-21(28-20)29-25(33)18-6-3-8-19(14-18)34-22-12-11-17-7-5-13-26-23(17)30-22/h3-4,6,8-12,14-16H,5,7,13H2,1-2H3,(H,26,30)(H,28,29,33). The molecule has 0 atom stereocenters. The highest BCUT2D eigenvalue weighted by molar-refractivity contribution is 7.99. The molecule has 2 N–H and O–H groups in total. The number of amides is 1. The number of aryl methyl sites for hydroxylation is 1. The lowest BCUT2D eigenvalue weighted by atomic mass is 10.1. The largest absolute Gasteiger partial charge is 0.370 e. The maximum absolute atomic E-state index is 13.0. The van der Waals surface area contributed by atoms with Crippen LogP contribution in [0.25, 0.3) is 11.5 Å². The second-order valence-corrected chi connectivity index (χ2v) is 9.43. The van der Waals surface area contributed by atoms with Crippen LogP contribution >= 0.6 is 11.8 Å². The number of hydrogen-bond donors (Lipinski definition) is 2. The molecule has 1 aliphatic rings. The van der Waals surface area contributed by atoms with E-state index >= 15 is 0 Å². The maximum atomic E-state index is 13.0.